The largest absolute Gasteiger partial charge is 0.448 e. The molecule has 1 aromatic rings. The monoisotopic (exact) mass is 259 g/mol. The van der Waals surface area contributed by atoms with Gasteiger partial charge in [-0.1, -0.05) is 0 Å². The number of likely N-dealkylation sites (tertiary alicyclic amines) is 1. The van der Waals surface area contributed by atoms with Crippen LogP contribution < -0.4 is 5.32 Å². The van der Waals surface area contributed by atoms with Crippen LogP contribution in [0.3, 0.4) is 0 Å². The highest BCUT2D eigenvalue weighted by molar-refractivity contribution is 5.93. The molecule has 17 heavy (non-hydrogen) atoms. The fourth-order valence-corrected chi connectivity index (χ4v) is 2.20. The molecule has 1 fully saturated rings. The van der Waals surface area contributed by atoms with Crippen molar-refractivity contribution in [3.8, 4) is 0 Å². The number of aromatic nitrogens is 1. The Morgan fingerprint density at radius 1 is 1.71 bits per heavy atom. The van der Waals surface area contributed by atoms with E-state index in [2.05, 4.69) is 10.3 Å². The van der Waals surface area contributed by atoms with Crippen molar-refractivity contribution in [2.75, 3.05) is 20.1 Å². The molecule has 0 bridgehead atoms. The number of rotatable bonds is 3. The fraction of sp³-hybridized carbons (Fsp3) is 0.636. The molecule has 1 aromatic heterocycles. The first-order chi connectivity index (χ1) is 7.74. The molecule has 0 spiro atoms. The molecule has 5 nitrogen and oxygen atoms in total. The van der Waals surface area contributed by atoms with Crippen LogP contribution in [0.5, 0.6) is 0 Å². The standard InChI is InChI=1S/C11H17N3O2.ClH/c1-8-10(13-7-16-8)11(15)14-5-3-4-9(14)6-12-2;/h7,9,12H,3-6H2,1-2H3;1H. The molecule has 2 heterocycles. The number of amides is 1. The lowest BCUT2D eigenvalue weighted by Gasteiger charge is -2.23. The van der Waals surface area contributed by atoms with E-state index in [-0.39, 0.29) is 24.4 Å². The summed E-state index contributed by atoms with van der Waals surface area (Å²) in [5.41, 5.74) is 0.447. The molecule has 6 heteroatoms. The second-order valence-electron chi connectivity index (χ2n) is 4.11. The summed E-state index contributed by atoms with van der Waals surface area (Å²) >= 11 is 0. The molecule has 1 unspecified atom stereocenters. The van der Waals surface area contributed by atoms with Gasteiger partial charge in [-0.25, -0.2) is 4.98 Å². The maximum absolute atomic E-state index is 12.2. The number of hydrogen-bond acceptors (Lipinski definition) is 4. The average molecular weight is 260 g/mol. The van der Waals surface area contributed by atoms with Gasteiger partial charge in [-0.05, 0) is 26.8 Å². The second-order valence-corrected chi connectivity index (χ2v) is 4.11. The van der Waals surface area contributed by atoms with Crippen molar-refractivity contribution in [3.05, 3.63) is 17.8 Å². The topological polar surface area (TPSA) is 58.4 Å². The van der Waals surface area contributed by atoms with Crippen LogP contribution in [0.4, 0.5) is 0 Å². The molecule has 0 radical (unpaired) electrons. The SMILES string of the molecule is CNCC1CCCN1C(=O)c1ncoc1C.Cl. The molecular formula is C11H18ClN3O2. The summed E-state index contributed by atoms with van der Waals surface area (Å²) in [7, 11) is 1.91. The molecule has 0 aliphatic carbocycles. The number of carbonyl (C=O) groups excluding carboxylic acids is 1. The van der Waals surface area contributed by atoms with E-state index < -0.39 is 0 Å². The van der Waals surface area contributed by atoms with Gasteiger partial charge in [0, 0.05) is 19.1 Å². The highest BCUT2D eigenvalue weighted by atomic mass is 35.5. The number of likely N-dealkylation sites (N-methyl/N-ethyl adjacent to an activating group) is 1. The van der Waals surface area contributed by atoms with Crippen LogP contribution in [-0.4, -0.2) is 42.0 Å². The summed E-state index contributed by atoms with van der Waals surface area (Å²) < 4.78 is 5.07. The highest BCUT2D eigenvalue weighted by Gasteiger charge is 2.30. The van der Waals surface area contributed by atoms with Crippen LogP contribution >= 0.6 is 12.4 Å². The number of hydrogen-bond donors (Lipinski definition) is 1. The Morgan fingerprint density at radius 3 is 3.06 bits per heavy atom. The zero-order chi connectivity index (χ0) is 11.5. The number of nitrogens with one attached hydrogen (secondary N) is 1. The molecule has 0 aromatic carbocycles. The molecule has 1 aliphatic heterocycles. The van der Waals surface area contributed by atoms with E-state index in [0.29, 0.717) is 11.5 Å². The fourth-order valence-electron chi connectivity index (χ4n) is 2.20. The molecule has 96 valence electrons. The Bertz CT molecular complexity index is 381. The first-order valence-electron chi connectivity index (χ1n) is 5.59. The molecule has 2 rings (SSSR count). The Hall–Kier alpha value is -1.07. The minimum absolute atomic E-state index is 0. The van der Waals surface area contributed by atoms with E-state index in [4.69, 9.17) is 4.42 Å². The van der Waals surface area contributed by atoms with Crippen molar-refractivity contribution in [2.24, 2.45) is 0 Å². The Morgan fingerprint density at radius 2 is 2.47 bits per heavy atom. The summed E-state index contributed by atoms with van der Waals surface area (Å²) in [5, 5.41) is 3.12. The van der Waals surface area contributed by atoms with Gasteiger partial charge in [-0.15, -0.1) is 12.4 Å². The lowest BCUT2D eigenvalue weighted by molar-refractivity contribution is 0.0730. The molecular weight excluding hydrogens is 242 g/mol. The average Bonchev–Trinajstić information content (AvgIpc) is 2.87. The van der Waals surface area contributed by atoms with Crippen molar-refractivity contribution in [1.82, 2.24) is 15.2 Å². The van der Waals surface area contributed by atoms with E-state index >= 15 is 0 Å². The quantitative estimate of drug-likeness (QED) is 0.887. The van der Waals surface area contributed by atoms with E-state index in [1.807, 2.05) is 11.9 Å². The molecule has 1 saturated heterocycles. The van der Waals surface area contributed by atoms with Gasteiger partial charge in [-0.2, -0.15) is 0 Å². The lowest BCUT2D eigenvalue weighted by Crippen LogP contribution is -2.41. The lowest BCUT2D eigenvalue weighted by atomic mass is 10.2. The minimum Gasteiger partial charge on any atom is -0.448 e. The maximum atomic E-state index is 12.2. The number of aryl methyl sites for hydroxylation is 1. The van der Waals surface area contributed by atoms with Crippen LogP contribution in [0.15, 0.2) is 10.8 Å². The molecule has 1 aliphatic rings. The number of carbonyl (C=O) groups is 1. The molecule has 1 amide bonds. The summed E-state index contributed by atoms with van der Waals surface area (Å²) in [5.74, 6) is 0.587. The van der Waals surface area contributed by atoms with E-state index in [0.717, 1.165) is 25.9 Å². The van der Waals surface area contributed by atoms with E-state index in [1.54, 1.807) is 6.92 Å². The van der Waals surface area contributed by atoms with E-state index in [1.165, 1.54) is 6.39 Å². The van der Waals surface area contributed by atoms with Gasteiger partial charge in [0.05, 0.1) is 0 Å². The van der Waals surface area contributed by atoms with Gasteiger partial charge in [0.2, 0.25) is 0 Å². The molecule has 1 atom stereocenters. The minimum atomic E-state index is -0.0102. The van der Waals surface area contributed by atoms with Crippen molar-refractivity contribution in [1.29, 1.82) is 0 Å². The van der Waals surface area contributed by atoms with Crippen LogP contribution in [0, 0.1) is 6.92 Å². The number of nitrogens with zero attached hydrogens (tertiary/aromatic N) is 2. The van der Waals surface area contributed by atoms with Crippen LogP contribution in [0.1, 0.15) is 29.1 Å². The van der Waals surface area contributed by atoms with Gasteiger partial charge >= 0.3 is 0 Å². The van der Waals surface area contributed by atoms with Crippen molar-refractivity contribution in [3.63, 3.8) is 0 Å². The zero-order valence-corrected chi connectivity index (χ0v) is 10.9. The summed E-state index contributed by atoms with van der Waals surface area (Å²) in [4.78, 5) is 18.1. The zero-order valence-electron chi connectivity index (χ0n) is 10.1. The van der Waals surface area contributed by atoms with Gasteiger partial charge in [0.15, 0.2) is 12.1 Å². The van der Waals surface area contributed by atoms with Crippen molar-refractivity contribution in [2.45, 2.75) is 25.8 Å². The van der Waals surface area contributed by atoms with Crippen LogP contribution in [0.25, 0.3) is 0 Å². The van der Waals surface area contributed by atoms with E-state index in [9.17, 15) is 4.79 Å². The van der Waals surface area contributed by atoms with Gasteiger partial charge in [0.25, 0.3) is 5.91 Å². The first-order valence-corrected chi connectivity index (χ1v) is 5.59. The van der Waals surface area contributed by atoms with Crippen molar-refractivity contribution < 1.29 is 9.21 Å². The Kier molecular flexibility index (Phi) is 4.96. The summed E-state index contributed by atoms with van der Waals surface area (Å²) in [6.45, 7) is 3.42. The summed E-state index contributed by atoms with van der Waals surface area (Å²) in [6.07, 6.45) is 3.45. The number of oxazole rings is 1. The predicted octanol–water partition coefficient (Wildman–Crippen LogP) is 1.23. The van der Waals surface area contributed by atoms with Crippen LogP contribution in [0.2, 0.25) is 0 Å². The first kappa shape index (κ1) is 14.0. The Labute approximate surface area is 107 Å². The van der Waals surface area contributed by atoms with Gasteiger partial charge < -0.3 is 14.6 Å². The third-order valence-corrected chi connectivity index (χ3v) is 3.03. The predicted molar refractivity (Wildman–Crippen MR) is 66.5 cm³/mol. The molecule has 0 saturated carbocycles. The van der Waals surface area contributed by atoms with Gasteiger partial charge in [-0.3, -0.25) is 4.79 Å². The number of halogens is 1. The maximum Gasteiger partial charge on any atom is 0.276 e. The van der Waals surface area contributed by atoms with Gasteiger partial charge in [0.1, 0.15) is 5.76 Å². The normalized spacial score (nSPS) is 19.2. The Balaban J connectivity index is 0.00000144. The second kappa shape index (κ2) is 6.02. The van der Waals surface area contributed by atoms with Crippen molar-refractivity contribution >= 4 is 18.3 Å². The highest BCUT2D eigenvalue weighted by Crippen LogP contribution is 2.20. The van der Waals surface area contributed by atoms with Crippen LogP contribution in [-0.2, 0) is 0 Å². The summed E-state index contributed by atoms with van der Waals surface area (Å²) in [6, 6.07) is 0.286. The third-order valence-electron chi connectivity index (χ3n) is 3.03. The third kappa shape index (κ3) is 2.79. The molecule has 1 N–H and O–H groups in total. The smallest absolute Gasteiger partial charge is 0.276 e.